The van der Waals surface area contributed by atoms with Gasteiger partial charge in [0, 0.05) is 6.20 Å². The molecule has 0 fully saturated rings. The Labute approximate surface area is 58.2 Å². The molecule has 0 spiro atoms. The monoisotopic (exact) mass is 140 g/mol. The lowest BCUT2D eigenvalue weighted by atomic mass is 10.4. The Kier molecular flexibility index (Phi) is 1.80. The molecule has 0 N–H and O–H groups in total. The van der Waals surface area contributed by atoms with E-state index < -0.39 is 0 Å². The van der Waals surface area contributed by atoms with Gasteiger partial charge in [-0.15, -0.1) is 0 Å². The fourth-order valence-electron chi connectivity index (χ4n) is 0.451. The lowest BCUT2D eigenvalue weighted by Crippen LogP contribution is -1.81. The van der Waals surface area contributed by atoms with Crippen LogP contribution in [0.5, 0.6) is 0 Å². The summed E-state index contributed by atoms with van der Waals surface area (Å²) in [6.45, 7) is 3.50. The fourth-order valence-corrected chi connectivity index (χ4v) is 0.563. The Balaban J connectivity index is 2.98. The van der Waals surface area contributed by atoms with Crippen LogP contribution in [0.25, 0.3) is 5.03 Å². The van der Waals surface area contributed by atoms with Crippen LogP contribution in [0.3, 0.4) is 0 Å². The second-order valence-electron chi connectivity index (χ2n) is 1.50. The third kappa shape index (κ3) is 1.50. The van der Waals surface area contributed by atoms with Crippen molar-refractivity contribution in [3.05, 3.63) is 30.9 Å². The van der Waals surface area contributed by atoms with E-state index in [9.17, 15) is 0 Å². The Hall–Kier alpha value is -0.890. The van der Waals surface area contributed by atoms with Gasteiger partial charge in [-0.1, -0.05) is 18.2 Å². The van der Waals surface area contributed by atoms with Gasteiger partial charge in [-0.05, 0) is 6.07 Å². The molecule has 0 bridgehead atoms. The van der Waals surface area contributed by atoms with Gasteiger partial charge in [-0.3, -0.25) is 0 Å². The molecule has 3 heteroatoms. The standard InChI is InChI=1S/C6H5ClN2/c1-5(7)6-2-3-8-4-9-6/h2-4H,1H2. The highest BCUT2D eigenvalue weighted by atomic mass is 35.5. The molecular weight excluding hydrogens is 136 g/mol. The van der Waals surface area contributed by atoms with E-state index >= 15 is 0 Å². The molecule has 9 heavy (non-hydrogen) atoms. The largest absolute Gasteiger partial charge is 0.245 e. The minimum absolute atomic E-state index is 0.442. The highest BCUT2D eigenvalue weighted by molar-refractivity contribution is 6.47. The molecule has 1 heterocycles. The van der Waals surface area contributed by atoms with E-state index in [4.69, 9.17) is 11.6 Å². The zero-order valence-electron chi connectivity index (χ0n) is 4.71. The molecule has 46 valence electrons. The lowest BCUT2D eigenvalue weighted by molar-refractivity contribution is 1.15. The highest BCUT2D eigenvalue weighted by Gasteiger charge is 1.91. The maximum absolute atomic E-state index is 5.52. The summed E-state index contributed by atoms with van der Waals surface area (Å²) in [6.07, 6.45) is 3.05. The van der Waals surface area contributed by atoms with Gasteiger partial charge < -0.3 is 0 Å². The smallest absolute Gasteiger partial charge is 0.116 e. The third-order valence-electron chi connectivity index (χ3n) is 0.860. The van der Waals surface area contributed by atoms with Crippen molar-refractivity contribution in [1.29, 1.82) is 0 Å². The van der Waals surface area contributed by atoms with Crippen molar-refractivity contribution in [2.24, 2.45) is 0 Å². The predicted molar refractivity (Wildman–Crippen MR) is 36.9 cm³/mol. The maximum atomic E-state index is 5.52. The molecule has 1 aromatic heterocycles. The number of halogens is 1. The number of rotatable bonds is 1. The number of hydrogen-bond donors (Lipinski definition) is 0. The second kappa shape index (κ2) is 2.60. The Morgan fingerprint density at radius 2 is 2.44 bits per heavy atom. The first-order chi connectivity index (χ1) is 4.30. The van der Waals surface area contributed by atoms with E-state index in [0.29, 0.717) is 10.7 Å². The summed E-state index contributed by atoms with van der Waals surface area (Å²) in [5.41, 5.74) is 0.673. The summed E-state index contributed by atoms with van der Waals surface area (Å²) in [7, 11) is 0. The minimum Gasteiger partial charge on any atom is -0.245 e. The normalized spacial score (nSPS) is 9.00. The van der Waals surface area contributed by atoms with Crippen LogP contribution < -0.4 is 0 Å². The van der Waals surface area contributed by atoms with E-state index in [2.05, 4.69) is 16.5 Å². The molecular formula is C6H5ClN2. The lowest BCUT2D eigenvalue weighted by Gasteiger charge is -1.90. The summed E-state index contributed by atoms with van der Waals surface area (Å²) in [6, 6.07) is 1.70. The third-order valence-corrected chi connectivity index (χ3v) is 1.05. The SMILES string of the molecule is C=C(Cl)c1ccncn1. The molecule has 0 aliphatic carbocycles. The first-order valence-electron chi connectivity index (χ1n) is 2.41. The van der Waals surface area contributed by atoms with E-state index in [1.807, 2.05) is 0 Å². The molecule has 0 aliphatic heterocycles. The highest BCUT2D eigenvalue weighted by Crippen LogP contribution is 2.10. The van der Waals surface area contributed by atoms with Crippen LogP contribution in [0.4, 0.5) is 0 Å². The first-order valence-corrected chi connectivity index (χ1v) is 2.79. The average Bonchev–Trinajstić information content (AvgIpc) is 1.90. The van der Waals surface area contributed by atoms with Gasteiger partial charge in [0.05, 0.1) is 10.7 Å². The Bertz CT molecular complexity index is 208. The van der Waals surface area contributed by atoms with Crippen LogP contribution in [0, 0.1) is 0 Å². The summed E-state index contributed by atoms with van der Waals surface area (Å²) in [4.78, 5) is 7.55. The van der Waals surface area contributed by atoms with Crippen molar-refractivity contribution in [3.8, 4) is 0 Å². The van der Waals surface area contributed by atoms with Crippen LogP contribution in [0.15, 0.2) is 25.2 Å². The van der Waals surface area contributed by atoms with Crippen molar-refractivity contribution in [2.45, 2.75) is 0 Å². The van der Waals surface area contributed by atoms with Crippen molar-refractivity contribution < 1.29 is 0 Å². The zero-order chi connectivity index (χ0) is 6.69. The van der Waals surface area contributed by atoms with Crippen molar-refractivity contribution >= 4 is 16.6 Å². The van der Waals surface area contributed by atoms with Gasteiger partial charge in [-0.25, -0.2) is 9.97 Å². The number of nitrogens with zero attached hydrogens (tertiary/aromatic N) is 2. The van der Waals surface area contributed by atoms with Gasteiger partial charge in [0.25, 0.3) is 0 Å². The molecule has 2 nitrogen and oxygen atoms in total. The van der Waals surface area contributed by atoms with Crippen LogP contribution in [0.2, 0.25) is 0 Å². The molecule has 0 amide bonds. The van der Waals surface area contributed by atoms with Crippen molar-refractivity contribution in [1.82, 2.24) is 9.97 Å². The topological polar surface area (TPSA) is 25.8 Å². The average molecular weight is 141 g/mol. The van der Waals surface area contributed by atoms with Gasteiger partial charge in [0.1, 0.15) is 6.33 Å². The predicted octanol–water partition coefficient (Wildman–Crippen LogP) is 1.69. The summed E-state index contributed by atoms with van der Waals surface area (Å²) in [5, 5.41) is 0.442. The molecule has 1 rings (SSSR count). The Morgan fingerprint density at radius 3 is 2.78 bits per heavy atom. The molecule has 0 radical (unpaired) electrons. The molecule has 0 aliphatic rings. The molecule has 1 aromatic rings. The summed E-state index contributed by atoms with van der Waals surface area (Å²) < 4.78 is 0. The van der Waals surface area contributed by atoms with E-state index in [-0.39, 0.29) is 0 Å². The number of hydrogen-bond acceptors (Lipinski definition) is 2. The molecule has 0 atom stereocenters. The van der Waals surface area contributed by atoms with Gasteiger partial charge in [0.2, 0.25) is 0 Å². The van der Waals surface area contributed by atoms with Crippen LogP contribution in [-0.2, 0) is 0 Å². The van der Waals surface area contributed by atoms with Crippen LogP contribution in [-0.4, -0.2) is 9.97 Å². The Morgan fingerprint density at radius 1 is 1.67 bits per heavy atom. The van der Waals surface area contributed by atoms with Crippen LogP contribution >= 0.6 is 11.6 Å². The molecule has 0 saturated carbocycles. The van der Waals surface area contributed by atoms with E-state index in [1.54, 1.807) is 12.3 Å². The number of aromatic nitrogens is 2. The molecule has 0 saturated heterocycles. The first kappa shape index (κ1) is 6.23. The van der Waals surface area contributed by atoms with E-state index in [1.165, 1.54) is 6.33 Å². The van der Waals surface area contributed by atoms with E-state index in [0.717, 1.165) is 0 Å². The van der Waals surface area contributed by atoms with Gasteiger partial charge in [-0.2, -0.15) is 0 Å². The molecule has 0 aromatic carbocycles. The van der Waals surface area contributed by atoms with Crippen molar-refractivity contribution in [2.75, 3.05) is 0 Å². The summed E-state index contributed by atoms with van der Waals surface area (Å²) >= 11 is 5.52. The van der Waals surface area contributed by atoms with Crippen molar-refractivity contribution in [3.63, 3.8) is 0 Å². The minimum atomic E-state index is 0.442. The van der Waals surface area contributed by atoms with Gasteiger partial charge in [0.15, 0.2) is 0 Å². The second-order valence-corrected chi connectivity index (χ2v) is 1.96. The fraction of sp³-hybridized carbons (Fsp3) is 0. The van der Waals surface area contributed by atoms with Crippen LogP contribution in [0.1, 0.15) is 5.69 Å². The quantitative estimate of drug-likeness (QED) is 0.593. The van der Waals surface area contributed by atoms with Gasteiger partial charge >= 0.3 is 0 Å². The summed E-state index contributed by atoms with van der Waals surface area (Å²) in [5.74, 6) is 0. The molecule has 0 unspecified atom stereocenters. The zero-order valence-corrected chi connectivity index (χ0v) is 5.47. The maximum Gasteiger partial charge on any atom is 0.116 e.